The Hall–Kier alpha value is -2.85. The van der Waals surface area contributed by atoms with Crippen LogP contribution in [-0.2, 0) is 9.53 Å². The average molecular weight is 396 g/mol. The van der Waals surface area contributed by atoms with E-state index in [1.165, 1.54) is 0 Å². The molecule has 1 fully saturated rings. The fourth-order valence-corrected chi connectivity index (χ4v) is 3.47. The van der Waals surface area contributed by atoms with Crippen LogP contribution in [0.3, 0.4) is 0 Å². The summed E-state index contributed by atoms with van der Waals surface area (Å²) in [5, 5.41) is 19.6. The van der Waals surface area contributed by atoms with Crippen molar-refractivity contribution >= 4 is 23.2 Å². The number of hydrogen-bond donors (Lipinski definition) is 3. The molecule has 1 aromatic carbocycles. The first-order chi connectivity index (χ1) is 14.2. The molecule has 3 N–H and O–H groups in total. The summed E-state index contributed by atoms with van der Waals surface area (Å²) in [6, 6.07) is 9.85. The molecule has 2 heterocycles. The zero-order valence-electron chi connectivity index (χ0n) is 17.1. The smallest absolute Gasteiger partial charge is 0.351 e. The van der Waals surface area contributed by atoms with Gasteiger partial charge in [-0.05, 0) is 44.0 Å². The van der Waals surface area contributed by atoms with Crippen LogP contribution in [0.5, 0.6) is 0 Å². The fraction of sp³-hybridized carbons (Fsp3) is 0.500. The lowest BCUT2D eigenvalue weighted by molar-refractivity contribution is -0.140. The molecule has 0 amide bonds. The molecule has 0 radical (unpaired) electrons. The number of aliphatic imine (C=N–C) groups is 1. The molecule has 0 atom stereocenters. The zero-order chi connectivity index (χ0) is 20.6. The maximum atomic E-state index is 12.7. The van der Waals surface area contributed by atoms with E-state index in [1.807, 2.05) is 30.3 Å². The van der Waals surface area contributed by atoms with E-state index in [2.05, 4.69) is 29.8 Å². The standard InChI is InChI=1S/C22H29N5O2/c1-3-15(4-2)14-29-22(28)17(13-23)20-21(25-16-9-11-24-12-10-16)27-19-8-6-5-7-18(19)26-20/h5-8,15-16,24,26H,3-4,9-12,14H2,1-2H3,(H,25,27)/b20-17-. The topological polar surface area (TPSA) is 98.5 Å². The highest BCUT2D eigenvalue weighted by Crippen LogP contribution is 2.30. The van der Waals surface area contributed by atoms with Gasteiger partial charge in [0.2, 0.25) is 0 Å². The van der Waals surface area contributed by atoms with Gasteiger partial charge in [0, 0.05) is 0 Å². The van der Waals surface area contributed by atoms with Crippen molar-refractivity contribution in [2.75, 3.05) is 30.3 Å². The number of nitrogens with zero attached hydrogens (tertiary/aromatic N) is 2. The average Bonchev–Trinajstić information content (AvgIpc) is 2.76. The van der Waals surface area contributed by atoms with E-state index in [0.717, 1.165) is 50.1 Å². The minimum atomic E-state index is -0.610. The molecule has 0 unspecified atom stereocenters. The summed E-state index contributed by atoms with van der Waals surface area (Å²) < 4.78 is 5.47. The number of esters is 1. The highest BCUT2D eigenvalue weighted by atomic mass is 16.5. The fourth-order valence-electron chi connectivity index (χ4n) is 3.47. The lowest BCUT2D eigenvalue weighted by Crippen LogP contribution is -2.34. The monoisotopic (exact) mass is 395 g/mol. The van der Waals surface area contributed by atoms with E-state index >= 15 is 0 Å². The Morgan fingerprint density at radius 3 is 2.48 bits per heavy atom. The number of piperidine rings is 1. The molecule has 2 aliphatic heterocycles. The number of hydrogen-bond acceptors (Lipinski definition) is 6. The first-order valence-corrected chi connectivity index (χ1v) is 10.4. The summed E-state index contributed by atoms with van der Waals surface area (Å²) >= 11 is 0. The Morgan fingerprint density at radius 1 is 1.21 bits per heavy atom. The van der Waals surface area contributed by atoms with Crippen molar-refractivity contribution in [3.63, 3.8) is 0 Å². The molecule has 0 spiro atoms. The van der Waals surface area contributed by atoms with E-state index in [1.54, 1.807) is 0 Å². The quantitative estimate of drug-likeness (QED) is 0.388. The number of benzene rings is 1. The van der Waals surface area contributed by atoms with Gasteiger partial charge in [0.05, 0.1) is 24.0 Å². The second-order valence-corrected chi connectivity index (χ2v) is 7.40. The van der Waals surface area contributed by atoms with E-state index in [9.17, 15) is 10.1 Å². The number of rotatable bonds is 6. The molecule has 29 heavy (non-hydrogen) atoms. The van der Waals surface area contributed by atoms with Gasteiger partial charge in [-0.3, -0.25) is 4.99 Å². The van der Waals surface area contributed by atoms with Crippen LogP contribution in [0.1, 0.15) is 39.5 Å². The van der Waals surface area contributed by atoms with Gasteiger partial charge in [-0.2, -0.15) is 5.26 Å². The van der Waals surface area contributed by atoms with Crippen LogP contribution in [0.2, 0.25) is 0 Å². The van der Waals surface area contributed by atoms with Crippen molar-refractivity contribution < 1.29 is 9.53 Å². The third kappa shape index (κ3) is 5.15. The summed E-state index contributed by atoms with van der Waals surface area (Å²) in [5.74, 6) is 0.206. The lowest BCUT2D eigenvalue weighted by Gasteiger charge is -2.27. The van der Waals surface area contributed by atoms with Crippen LogP contribution >= 0.6 is 0 Å². The maximum Gasteiger partial charge on any atom is 0.351 e. The lowest BCUT2D eigenvalue weighted by atomic mass is 10.1. The minimum Gasteiger partial charge on any atom is -0.461 e. The van der Waals surface area contributed by atoms with Gasteiger partial charge in [0.1, 0.15) is 11.8 Å². The van der Waals surface area contributed by atoms with Gasteiger partial charge >= 0.3 is 5.97 Å². The van der Waals surface area contributed by atoms with Gasteiger partial charge in [0.15, 0.2) is 11.4 Å². The molecule has 0 bridgehead atoms. The zero-order valence-corrected chi connectivity index (χ0v) is 17.1. The highest BCUT2D eigenvalue weighted by molar-refractivity contribution is 6.18. The SMILES string of the molecule is CCC(CC)COC(=O)/C(C#N)=C1\Nc2ccccc2NC1=NC1CCNCC1. The molecule has 0 aliphatic carbocycles. The third-order valence-corrected chi connectivity index (χ3v) is 5.47. The third-order valence-electron chi connectivity index (χ3n) is 5.47. The molecule has 0 saturated carbocycles. The second-order valence-electron chi connectivity index (χ2n) is 7.40. The summed E-state index contributed by atoms with van der Waals surface area (Å²) in [6.07, 6.45) is 3.69. The molecule has 3 rings (SSSR count). The molecule has 154 valence electrons. The largest absolute Gasteiger partial charge is 0.461 e. The van der Waals surface area contributed by atoms with Gasteiger partial charge < -0.3 is 20.7 Å². The second kappa shape index (κ2) is 10.1. The van der Waals surface area contributed by atoms with Crippen LogP contribution in [0.15, 0.2) is 40.5 Å². The number of amidine groups is 1. The van der Waals surface area contributed by atoms with E-state index in [0.29, 0.717) is 24.1 Å². The van der Waals surface area contributed by atoms with Gasteiger partial charge in [-0.1, -0.05) is 38.8 Å². The summed E-state index contributed by atoms with van der Waals surface area (Å²) in [4.78, 5) is 17.6. The molecule has 1 aromatic rings. The van der Waals surface area contributed by atoms with Gasteiger partial charge in [-0.25, -0.2) is 4.79 Å². The van der Waals surface area contributed by atoms with Crippen molar-refractivity contribution in [3.8, 4) is 6.07 Å². The number of ether oxygens (including phenoxy) is 1. The molecular weight excluding hydrogens is 366 g/mol. The first-order valence-electron chi connectivity index (χ1n) is 10.4. The minimum absolute atomic E-state index is 0.0503. The van der Waals surface area contributed by atoms with E-state index in [4.69, 9.17) is 9.73 Å². The summed E-state index contributed by atoms with van der Waals surface area (Å²) in [5.41, 5.74) is 2.00. The predicted octanol–water partition coefficient (Wildman–Crippen LogP) is 3.43. The van der Waals surface area contributed by atoms with Crippen LogP contribution in [0, 0.1) is 17.2 Å². The van der Waals surface area contributed by atoms with Crippen LogP contribution in [-0.4, -0.2) is 37.5 Å². The molecule has 7 nitrogen and oxygen atoms in total. The van der Waals surface area contributed by atoms with Gasteiger partial charge in [0.25, 0.3) is 0 Å². The Labute approximate surface area is 172 Å². The van der Waals surface area contributed by atoms with Crippen LogP contribution in [0.4, 0.5) is 11.4 Å². The maximum absolute atomic E-state index is 12.7. The van der Waals surface area contributed by atoms with E-state index < -0.39 is 5.97 Å². The molecular formula is C22H29N5O2. The molecule has 0 aromatic heterocycles. The van der Waals surface area contributed by atoms with Crippen LogP contribution in [0.25, 0.3) is 0 Å². The van der Waals surface area contributed by atoms with Crippen molar-refractivity contribution in [1.29, 1.82) is 5.26 Å². The highest BCUT2D eigenvalue weighted by Gasteiger charge is 2.27. The number of carbonyl (C=O) groups excluding carboxylic acids is 1. The molecule has 1 saturated heterocycles. The molecule has 7 heteroatoms. The summed E-state index contributed by atoms with van der Waals surface area (Å²) in [7, 11) is 0. The summed E-state index contributed by atoms with van der Waals surface area (Å²) in [6.45, 7) is 6.27. The van der Waals surface area contributed by atoms with Crippen molar-refractivity contribution in [2.45, 2.75) is 45.6 Å². The number of nitriles is 1. The number of para-hydroxylation sites is 2. The normalized spacial score (nSPS) is 19.7. The Balaban J connectivity index is 1.92. The predicted molar refractivity (Wildman–Crippen MR) is 115 cm³/mol. The first kappa shape index (κ1) is 20.9. The van der Waals surface area contributed by atoms with Crippen LogP contribution < -0.4 is 16.0 Å². The van der Waals surface area contributed by atoms with E-state index in [-0.39, 0.29) is 11.6 Å². The Kier molecular flexibility index (Phi) is 7.25. The number of anilines is 2. The molecule has 2 aliphatic rings. The number of fused-ring (bicyclic) bond motifs is 1. The van der Waals surface area contributed by atoms with Crippen molar-refractivity contribution in [1.82, 2.24) is 5.32 Å². The Bertz CT molecular complexity index is 830. The Morgan fingerprint density at radius 2 is 1.86 bits per heavy atom. The van der Waals surface area contributed by atoms with Crippen molar-refractivity contribution in [2.24, 2.45) is 10.9 Å². The number of carbonyl (C=O) groups is 1. The van der Waals surface area contributed by atoms with Crippen molar-refractivity contribution in [3.05, 3.63) is 35.5 Å². The van der Waals surface area contributed by atoms with Gasteiger partial charge in [-0.15, -0.1) is 0 Å². The number of nitrogens with one attached hydrogen (secondary N) is 3.